The molecule has 0 saturated heterocycles. The Morgan fingerprint density at radius 3 is 2.24 bits per heavy atom. The topological polar surface area (TPSA) is 89.3 Å². The minimum absolute atomic E-state index is 0.231. The third kappa shape index (κ3) is 5.44. The van der Waals surface area contributed by atoms with E-state index >= 15 is 0 Å². The molecule has 10 heteroatoms. The number of aromatic nitrogens is 2. The van der Waals surface area contributed by atoms with E-state index in [0.29, 0.717) is 33.6 Å². The van der Waals surface area contributed by atoms with Gasteiger partial charge in [0.05, 0.1) is 6.26 Å². The summed E-state index contributed by atoms with van der Waals surface area (Å²) < 4.78 is 47.0. The normalized spacial score (nSPS) is 11.4. The summed E-state index contributed by atoms with van der Waals surface area (Å²) in [6.45, 7) is 3.87. The average Bonchev–Trinajstić information content (AvgIpc) is 3.34. The lowest BCUT2D eigenvalue weighted by molar-refractivity contribution is -0.274. The van der Waals surface area contributed by atoms with Gasteiger partial charge in [0.15, 0.2) is 5.58 Å². The number of furan rings is 1. The van der Waals surface area contributed by atoms with E-state index in [1.807, 2.05) is 32.0 Å². The number of aryl methyl sites for hydroxylation is 2. The van der Waals surface area contributed by atoms with Crippen LogP contribution in [0.1, 0.15) is 21.5 Å². The van der Waals surface area contributed by atoms with Crippen molar-refractivity contribution in [3.63, 3.8) is 0 Å². The van der Waals surface area contributed by atoms with E-state index in [2.05, 4.69) is 25.3 Å². The molecule has 3 aromatic carbocycles. The number of nitrogens with one attached hydrogen (secondary N) is 2. The number of nitrogens with zero attached hydrogens (tertiary/aromatic N) is 2. The monoisotopic (exact) mass is 518 g/mol. The Bertz CT molecular complexity index is 1590. The lowest BCUT2D eigenvalue weighted by atomic mass is 10.1. The Kier molecular flexibility index (Phi) is 6.46. The average molecular weight is 518 g/mol. The van der Waals surface area contributed by atoms with Gasteiger partial charge >= 0.3 is 6.36 Å². The first-order chi connectivity index (χ1) is 18.2. The fourth-order valence-corrected chi connectivity index (χ4v) is 3.96. The van der Waals surface area contributed by atoms with Gasteiger partial charge in [0.25, 0.3) is 5.91 Å². The van der Waals surface area contributed by atoms with Crippen LogP contribution in [0.15, 0.2) is 83.5 Å². The zero-order chi connectivity index (χ0) is 26.9. The van der Waals surface area contributed by atoms with Crippen LogP contribution in [-0.4, -0.2) is 22.2 Å². The van der Waals surface area contributed by atoms with Crippen LogP contribution in [0.2, 0.25) is 0 Å². The minimum Gasteiger partial charge on any atom is -0.460 e. The number of para-hydroxylation sites is 1. The molecule has 0 radical (unpaired) electrons. The zero-order valence-corrected chi connectivity index (χ0v) is 20.3. The standard InChI is InChI=1S/C28H21F3N4O3/c1-16-4-3-5-17(2)23(16)34-26(36)19-6-10-20(11-7-19)32-27-33-22-14-15-37-25(22)24(35-27)18-8-12-21(13-9-18)38-28(29,30)31/h3-15H,1-2H3,(H,34,36)(H,32,33,35). The van der Waals surface area contributed by atoms with Crippen molar-refractivity contribution in [1.29, 1.82) is 0 Å². The zero-order valence-electron chi connectivity index (χ0n) is 20.3. The number of alkyl halides is 3. The summed E-state index contributed by atoms with van der Waals surface area (Å²) in [5.41, 5.74) is 5.66. The SMILES string of the molecule is Cc1cccc(C)c1NC(=O)c1ccc(Nc2nc(-c3ccc(OC(F)(F)F)cc3)c3occc3n2)cc1. The second kappa shape index (κ2) is 9.89. The Morgan fingerprint density at radius 2 is 1.58 bits per heavy atom. The van der Waals surface area contributed by atoms with Gasteiger partial charge in [0, 0.05) is 28.6 Å². The molecule has 0 aliphatic heterocycles. The summed E-state index contributed by atoms with van der Waals surface area (Å²) in [6, 6.07) is 19.6. The Hall–Kier alpha value is -4.86. The highest BCUT2D eigenvalue weighted by atomic mass is 19.4. The first kappa shape index (κ1) is 24.8. The van der Waals surface area contributed by atoms with Crippen LogP contribution < -0.4 is 15.4 Å². The third-order valence-electron chi connectivity index (χ3n) is 5.79. The van der Waals surface area contributed by atoms with Crippen LogP contribution in [-0.2, 0) is 0 Å². The number of ether oxygens (including phenoxy) is 1. The molecule has 2 heterocycles. The summed E-state index contributed by atoms with van der Waals surface area (Å²) >= 11 is 0. The minimum atomic E-state index is -4.78. The van der Waals surface area contributed by atoms with E-state index in [0.717, 1.165) is 16.8 Å². The van der Waals surface area contributed by atoms with Crippen LogP contribution in [0.3, 0.4) is 0 Å². The second-order valence-electron chi connectivity index (χ2n) is 8.53. The number of halogens is 3. The van der Waals surface area contributed by atoms with Crippen molar-refractivity contribution in [1.82, 2.24) is 9.97 Å². The van der Waals surface area contributed by atoms with Gasteiger partial charge < -0.3 is 19.8 Å². The van der Waals surface area contributed by atoms with Gasteiger partial charge in [0.2, 0.25) is 5.95 Å². The van der Waals surface area contributed by atoms with Crippen molar-refractivity contribution in [3.8, 4) is 17.0 Å². The largest absolute Gasteiger partial charge is 0.573 e. The quantitative estimate of drug-likeness (QED) is 0.243. The molecule has 7 nitrogen and oxygen atoms in total. The number of rotatable bonds is 6. The maximum Gasteiger partial charge on any atom is 0.573 e. The van der Waals surface area contributed by atoms with Gasteiger partial charge in [0.1, 0.15) is 17.0 Å². The molecule has 0 aliphatic rings. The molecule has 192 valence electrons. The number of fused-ring (bicyclic) bond motifs is 1. The van der Waals surface area contributed by atoms with Crippen LogP contribution in [0.4, 0.5) is 30.5 Å². The molecule has 0 saturated carbocycles. The Balaban J connectivity index is 1.36. The summed E-state index contributed by atoms with van der Waals surface area (Å²) in [5.74, 6) is -0.325. The molecule has 0 atom stereocenters. The fraction of sp³-hybridized carbons (Fsp3) is 0.107. The van der Waals surface area contributed by atoms with Gasteiger partial charge in [-0.2, -0.15) is 0 Å². The van der Waals surface area contributed by atoms with Crippen molar-refractivity contribution >= 4 is 34.3 Å². The number of carbonyl (C=O) groups excluding carboxylic acids is 1. The first-order valence-electron chi connectivity index (χ1n) is 11.5. The van der Waals surface area contributed by atoms with Crippen LogP contribution >= 0.6 is 0 Å². The molecule has 5 rings (SSSR count). The number of hydrogen-bond donors (Lipinski definition) is 2. The van der Waals surface area contributed by atoms with Crippen LogP contribution in [0, 0.1) is 13.8 Å². The van der Waals surface area contributed by atoms with E-state index in [1.54, 1.807) is 30.3 Å². The molecule has 0 fully saturated rings. The molecular weight excluding hydrogens is 497 g/mol. The summed E-state index contributed by atoms with van der Waals surface area (Å²) in [5, 5.41) is 6.06. The van der Waals surface area contributed by atoms with Crippen LogP contribution in [0.5, 0.6) is 5.75 Å². The molecule has 1 amide bonds. The maximum absolute atomic E-state index is 12.8. The van der Waals surface area contributed by atoms with Crippen molar-refractivity contribution in [2.45, 2.75) is 20.2 Å². The molecule has 0 bridgehead atoms. The molecular formula is C28H21F3N4O3. The maximum atomic E-state index is 12.8. The fourth-order valence-electron chi connectivity index (χ4n) is 3.96. The molecule has 0 spiro atoms. The van der Waals surface area contributed by atoms with Crippen molar-refractivity contribution in [2.24, 2.45) is 0 Å². The summed E-state index contributed by atoms with van der Waals surface area (Å²) in [4.78, 5) is 21.7. The Labute approximate surface area is 215 Å². The van der Waals surface area contributed by atoms with E-state index in [1.165, 1.54) is 30.5 Å². The molecule has 2 aromatic heterocycles. The molecule has 38 heavy (non-hydrogen) atoms. The first-order valence-corrected chi connectivity index (χ1v) is 11.5. The second-order valence-corrected chi connectivity index (χ2v) is 8.53. The molecule has 0 unspecified atom stereocenters. The number of amides is 1. The van der Waals surface area contributed by atoms with Crippen molar-refractivity contribution < 1.29 is 27.1 Å². The number of hydrogen-bond acceptors (Lipinski definition) is 6. The van der Waals surface area contributed by atoms with E-state index in [9.17, 15) is 18.0 Å². The highest BCUT2D eigenvalue weighted by molar-refractivity contribution is 6.05. The number of anilines is 3. The third-order valence-corrected chi connectivity index (χ3v) is 5.79. The van der Waals surface area contributed by atoms with Gasteiger partial charge in [-0.1, -0.05) is 18.2 Å². The molecule has 5 aromatic rings. The lowest BCUT2D eigenvalue weighted by Crippen LogP contribution is -2.16. The predicted molar refractivity (Wildman–Crippen MR) is 138 cm³/mol. The Morgan fingerprint density at radius 1 is 0.895 bits per heavy atom. The van der Waals surface area contributed by atoms with Crippen molar-refractivity contribution in [3.05, 3.63) is 95.7 Å². The van der Waals surface area contributed by atoms with E-state index in [-0.39, 0.29) is 17.6 Å². The van der Waals surface area contributed by atoms with Crippen LogP contribution in [0.25, 0.3) is 22.4 Å². The summed E-state index contributed by atoms with van der Waals surface area (Å²) in [6.07, 6.45) is -3.32. The van der Waals surface area contributed by atoms with Crippen molar-refractivity contribution in [2.75, 3.05) is 10.6 Å². The highest BCUT2D eigenvalue weighted by Gasteiger charge is 2.31. The van der Waals surface area contributed by atoms with Gasteiger partial charge in [-0.05, 0) is 73.5 Å². The van der Waals surface area contributed by atoms with Gasteiger partial charge in [-0.3, -0.25) is 4.79 Å². The highest BCUT2D eigenvalue weighted by Crippen LogP contribution is 2.31. The van der Waals surface area contributed by atoms with E-state index < -0.39 is 6.36 Å². The van der Waals surface area contributed by atoms with E-state index in [4.69, 9.17) is 4.42 Å². The predicted octanol–water partition coefficient (Wildman–Crippen LogP) is 7.40. The lowest BCUT2D eigenvalue weighted by Gasteiger charge is -2.12. The molecule has 2 N–H and O–H groups in total. The molecule has 0 aliphatic carbocycles. The number of benzene rings is 3. The number of carbonyl (C=O) groups is 1. The van der Waals surface area contributed by atoms with Gasteiger partial charge in [-0.25, -0.2) is 9.97 Å². The van der Waals surface area contributed by atoms with Gasteiger partial charge in [-0.15, -0.1) is 13.2 Å². The summed E-state index contributed by atoms with van der Waals surface area (Å²) in [7, 11) is 0. The smallest absolute Gasteiger partial charge is 0.460 e.